The molecule has 1 fully saturated rings. The van der Waals surface area contributed by atoms with Gasteiger partial charge >= 0.3 is 5.97 Å². The van der Waals surface area contributed by atoms with E-state index in [2.05, 4.69) is 4.98 Å². The van der Waals surface area contributed by atoms with Crippen LogP contribution >= 0.6 is 11.6 Å². The summed E-state index contributed by atoms with van der Waals surface area (Å²) >= 11 is 5.77. The van der Waals surface area contributed by atoms with Crippen molar-refractivity contribution in [2.24, 2.45) is 5.92 Å². The highest BCUT2D eigenvalue weighted by Crippen LogP contribution is 2.29. The van der Waals surface area contributed by atoms with Gasteiger partial charge in [-0.15, -0.1) is 0 Å². The zero-order valence-corrected chi connectivity index (χ0v) is 12.6. The highest BCUT2D eigenvalue weighted by atomic mass is 35.5. The van der Waals surface area contributed by atoms with E-state index in [1.807, 2.05) is 0 Å². The number of carboxylic acids is 1. The predicted octanol–water partition coefficient (Wildman–Crippen LogP) is 1.49. The van der Waals surface area contributed by atoms with Gasteiger partial charge in [-0.05, 0) is 30.9 Å². The Bertz CT molecular complexity index is 517. The quantitative estimate of drug-likeness (QED) is 0.826. The molecular formula is C14H18ClN3O3. The van der Waals surface area contributed by atoms with E-state index in [1.165, 1.54) is 11.1 Å². The summed E-state index contributed by atoms with van der Waals surface area (Å²) in [6.45, 7) is 0.360. The molecule has 1 aliphatic rings. The summed E-state index contributed by atoms with van der Waals surface area (Å²) in [5.41, 5.74) is 0. The maximum absolute atomic E-state index is 12.3. The highest BCUT2D eigenvalue weighted by Gasteiger charge is 2.28. The van der Waals surface area contributed by atoms with Crippen LogP contribution in [-0.2, 0) is 9.59 Å². The van der Waals surface area contributed by atoms with Gasteiger partial charge in [0.2, 0.25) is 5.91 Å². The number of rotatable bonds is 7. The molecule has 0 unspecified atom stereocenters. The Morgan fingerprint density at radius 2 is 2.10 bits per heavy atom. The van der Waals surface area contributed by atoms with Crippen LogP contribution in [0.3, 0.4) is 0 Å². The second-order valence-electron chi connectivity index (χ2n) is 5.30. The standard InChI is InChI=1S/C14H18ClN3O3/c1-17(12-5-4-11(15)6-16-12)8-13(19)18(9-14(20)21)7-10-2-3-10/h4-6,10H,2-3,7-9H2,1H3,(H,20,21). The molecule has 1 aromatic rings. The van der Waals surface area contributed by atoms with Gasteiger partial charge in [-0.25, -0.2) is 4.98 Å². The number of anilines is 1. The molecule has 0 bridgehead atoms. The zero-order valence-electron chi connectivity index (χ0n) is 11.8. The SMILES string of the molecule is CN(CC(=O)N(CC(=O)O)CC1CC1)c1ccc(Cl)cn1. The number of aromatic nitrogens is 1. The summed E-state index contributed by atoms with van der Waals surface area (Å²) in [5.74, 6) is -0.124. The van der Waals surface area contributed by atoms with Crippen molar-refractivity contribution in [1.29, 1.82) is 0 Å². The van der Waals surface area contributed by atoms with Crippen molar-refractivity contribution in [2.75, 3.05) is 31.6 Å². The average molecular weight is 312 g/mol. The number of aliphatic carboxylic acids is 1. The first-order valence-corrected chi connectivity index (χ1v) is 7.15. The molecule has 114 valence electrons. The van der Waals surface area contributed by atoms with Gasteiger partial charge in [0.25, 0.3) is 0 Å². The molecule has 0 radical (unpaired) electrons. The topological polar surface area (TPSA) is 73.7 Å². The van der Waals surface area contributed by atoms with E-state index in [9.17, 15) is 9.59 Å². The molecule has 6 nitrogen and oxygen atoms in total. The van der Waals surface area contributed by atoms with E-state index in [1.54, 1.807) is 24.1 Å². The number of amides is 1. The van der Waals surface area contributed by atoms with E-state index in [-0.39, 0.29) is 19.0 Å². The Kier molecular flexibility index (Phi) is 5.01. The van der Waals surface area contributed by atoms with Gasteiger partial charge in [0.15, 0.2) is 0 Å². The summed E-state index contributed by atoms with van der Waals surface area (Å²) in [6, 6.07) is 3.42. The molecule has 21 heavy (non-hydrogen) atoms. The zero-order chi connectivity index (χ0) is 15.4. The Hall–Kier alpha value is -1.82. The normalized spacial score (nSPS) is 13.8. The van der Waals surface area contributed by atoms with Crippen LogP contribution in [0.25, 0.3) is 0 Å². The van der Waals surface area contributed by atoms with Crippen molar-refractivity contribution < 1.29 is 14.7 Å². The summed E-state index contributed by atoms with van der Waals surface area (Å²) in [5, 5.41) is 9.44. The van der Waals surface area contributed by atoms with Gasteiger partial charge in [0, 0.05) is 19.8 Å². The van der Waals surface area contributed by atoms with Crippen LogP contribution in [0, 0.1) is 5.92 Å². The fourth-order valence-corrected chi connectivity index (χ4v) is 2.12. The third-order valence-corrected chi connectivity index (χ3v) is 3.55. The second-order valence-corrected chi connectivity index (χ2v) is 5.74. The number of hydrogen-bond donors (Lipinski definition) is 1. The minimum atomic E-state index is -0.990. The molecule has 0 aromatic carbocycles. The van der Waals surface area contributed by atoms with E-state index >= 15 is 0 Å². The van der Waals surface area contributed by atoms with Crippen molar-refractivity contribution in [3.05, 3.63) is 23.4 Å². The summed E-state index contributed by atoms with van der Waals surface area (Å²) < 4.78 is 0. The van der Waals surface area contributed by atoms with Crippen LogP contribution in [-0.4, -0.2) is 53.5 Å². The number of nitrogens with zero attached hydrogens (tertiary/aromatic N) is 3. The van der Waals surface area contributed by atoms with Gasteiger partial charge in [-0.2, -0.15) is 0 Å². The number of likely N-dealkylation sites (N-methyl/N-ethyl adjacent to an activating group) is 1. The monoisotopic (exact) mass is 311 g/mol. The fourth-order valence-electron chi connectivity index (χ4n) is 2.01. The molecule has 1 saturated carbocycles. The van der Waals surface area contributed by atoms with Crippen molar-refractivity contribution in [3.63, 3.8) is 0 Å². The molecule has 0 saturated heterocycles. The van der Waals surface area contributed by atoms with Crippen LogP contribution in [0.4, 0.5) is 5.82 Å². The summed E-state index contributed by atoms with van der Waals surface area (Å²) in [7, 11) is 1.74. The molecule has 1 aromatic heterocycles. The van der Waals surface area contributed by atoms with Crippen molar-refractivity contribution >= 4 is 29.3 Å². The summed E-state index contributed by atoms with van der Waals surface area (Å²) in [4.78, 5) is 30.4. The predicted molar refractivity (Wildman–Crippen MR) is 79.5 cm³/mol. The van der Waals surface area contributed by atoms with E-state index < -0.39 is 5.97 Å². The maximum Gasteiger partial charge on any atom is 0.323 e. The van der Waals surface area contributed by atoms with Crippen LogP contribution < -0.4 is 4.90 Å². The lowest BCUT2D eigenvalue weighted by atomic mass is 10.3. The summed E-state index contributed by atoms with van der Waals surface area (Å²) in [6.07, 6.45) is 3.65. The largest absolute Gasteiger partial charge is 0.480 e. The molecule has 7 heteroatoms. The molecule has 2 rings (SSSR count). The first kappa shape index (κ1) is 15.6. The fraction of sp³-hybridized carbons (Fsp3) is 0.500. The first-order valence-electron chi connectivity index (χ1n) is 6.78. The molecule has 0 spiro atoms. The molecule has 1 amide bonds. The van der Waals surface area contributed by atoms with E-state index in [0.717, 1.165) is 12.8 Å². The second kappa shape index (κ2) is 6.76. The third kappa shape index (κ3) is 4.90. The van der Waals surface area contributed by atoms with Gasteiger partial charge in [-0.1, -0.05) is 11.6 Å². The molecule has 1 heterocycles. The number of pyridine rings is 1. The minimum absolute atomic E-state index is 0.0919. The number of carbonyl (C=O) groups excluding carboxylic acids is 1. The molecule has 0 atom stereocenters. The van der Waals surface area contributed by atoms with Gasteiger partial charge in [-0.3, -0.25) is 9.59 Å². The molecular weight excluding hydrogens is 294 g/mol. The van der Waals surface area contributed by atoms with Crippen LogP contribution in [0.5, 0.6) is 0 Å². The van der Waals surface area contributed by atoms with Crippen molar-refractivity contribution in [3.8, 4) is 0 Å². The third-order valence-electron chi connectivity index (χ3n) is 3.33. The van der Waals surface area contributed by atoms with Crippen LogP contribution in [0.2, 0.25) is 5.02 Å². The highest BCUT2D eigenvalue weighted by molar-refractivity contribution is 6.30. The van der Waals surface area contributed by atoms with Crippen LogP contribution in [0.1, 0.15) is 12.8 Å². The molecule has 1 N–H and O–H groups in total. The lowest BCUT2D eigenvalue weighted by Gasteiger charge is -2.24. The minimum Gasteiger partial charge on any atom is -0.480 e. The Morgan fingerprint density at radius 1 is 1.38 bits per heavy atom. The number of halogens is 1. The average Bonchev–Trinajstić information content (AvgIpc) is 3.22. The Morgan fingerprint density at radius 3 is 2.62 bits per heavy atom. The lowest BCUT2D eigenvalue weighted by molar-refractivity contribution is -0.144. The Balaban J connectivity index is 1.95. The van der Waals surface area contributed by atoms with Gasteiger partial charge in [0.05, 0.1) is 11.6 Å². The maximum atomic E-state index is 12.3. The van der Waals surface area contributed by atoms with Gasteiger partial charge < -0.3 is 14.9 Å². The van der Waals surface area contributed by atoms with Crippen molar-refractivity contribution in [1.82, 2.24) is 9.88 Å². The van der Waals surface area contributed by atoms with E-state index in [0.29, 0.717) is 23.3 Å². The van der Waals surface area contributed by atoms with Crippen LogP contribution in [0.15, 0.2) is 18.3 Å². The molecule has 1 aliphatic carbocycles. The smallest absolute Gasteiger partial charge is 0.323 e. The lowest BCUT2D eigenvalue weighted by Crippen LogP contribution is -2.43. The number of carbonyl (C=O) groups is 2. The van der Waals surface area contributed by atoms with Crippen molar-refractivity contribution in [2.45, 2.75) is 12.8 Å². The first-order chi connectivity index (χ1) is 9.95. The molecule has 0 aliphatic heterocycles. The Labute approximate surface area is 128 Å². The van der Waals surface area contributed by atoms with Gasteiger partial charge in [0.1, 0.15) is 12.4 Å². The van der Waals surface area contributed by atoms with E-state index in [4.69, 9.17) is 16.7 Å². The number of carboxylic acid groups (broad SMARTS) is 1. The number of hydrogen-bond acceptors (Lipinski definition) is 4.